The van der Waals surface area contributed by atoms with Gasteiger partial charge in [-0.25, -0.2) is 4.98 Å². The number of piperidine rings is 1. The molecule has 0 amide bonds. The fourth-order valence-corrected chi connectivity index (χ4v) is 4.60. The third-order valence-corrected chi connectivity index (χ3v) is 6.54. The normalized spacial score (nSPS) is 18.4. The summed E-state index contributed by atoms with van der Waals surface area (Å²) in [6.45, 7) is 5.82. The SMILES string of the molecule is COc1cc(CN2CCC[C@@](O)(COc3cc(C)ccc3Cl)C2)ccc1OCCCn1ccnc1. The smallest absolute Gasteiger partial charge is 0.161 e. The molecule has 1 fully saturated rings. The molecule has 8 heteroatoms. The van der Waals surface area contributed by atoms with Gasteiger partial charge < -0.3 is 23.9 Å². The lowest BCUT2D eigenvalue weighted by Gasteiger charge is -2.39. The molecule has 188 valence electrons. The zero-order chi connectivity index (χ0) is 24.7. The molecule has 1 aromatic heterocycles. The number of benzene rings is 2. The van der Waals surface area contributed by atoms with Gasteiger partial charge in [-0.05, 0) is 68.1 Å². The number of hydrogen-bond donors (Lipinski definition) is 1. The van der Waals surface area contributed by atoms with Crippen LogP contribution in [0.4, 0.5) is 0 Å². The minimum absolute atomic E-state index is 0.210. The molecule has 1 aliphatic rings. The third kappa shape index (κ3) is 7.13. The van der Waals surface area contributed by atoms with Gasteiger partial charge in [-0.2, -0.15) is 0 Å². The maximum absolute atomic E-state index is 11.2. The molecule has 0 saturated carbocycles. The molecule has 0 unspecified atom stereocenters. The van der Waals surface area contributed by atoms with Crippen molar-refractivity contribution in [1.82, 2.24) is 14.5 Å². The summed E-state index contributed by atoms with van der Waals surface area (Å²) in [6.07, 6.45) is 8.00. The highest BCUT2D eigenvalue weighted by Crippen LogP contribution is 2.31. The number of β-amino-alcohol motifs (C(OH)–C–C–N with tert-alkyl or cyclic N) is 1. The molecule has 1 N–H and O–H groups in total. The highest BCUT2D eigenvalue weighted by molar-refractivity contribution is 6.32. The molecular weight excluding hydrogens is 466 g/mol. The van der Waals surface area contributed by atoms with Crippen molar-refractivity contribution in [2.75, 3.05) is 33.4 Å². The topological polar surface area (TPSA) is 69.0 Å². The molecule has 7 nitrogen and oxygen atoms in total. The van der Waals surface area contributed by atoms with E-state index in [1.165, 1.54) is 0 Å². The van der Waals surface area contributed by atoms with E-state index in [4.69, 9.17) is 25.8 Å². The van der Waals surface area contributed by atoms with Crippen LogP contribution in [0.5, 0.6) is 17.2 Å². The lowest BCUT2D eigenvalue weighted by Crippen LogP contribution is -2.51. The Labute approximate surface area is 212 Å². The number of nitrogens with zero attached hydrogens (tertiary/aromatic N) is 3. The minimum atomic E-state index is -0.923. The molecule has 1 aliphatic heterocycles. The summed E-state index contributed by atoms with van der Waals surface area (Å²) in [7, 11) is 1.66. The van der Waals surface area contributed by atoms with E-state index < -0.39 is 5.60 Å². The molecule has 0 bridgehead atoms. The average molecular weight is 500 g/mol. The number of likely N-dealkylation sites (tertiary alicyclic amines) is 1. The van der Waals surface area contributed by atoms with Gasteiger partial charge in [0.15, 0.2) is 11.5 Å². The van der Waals surface area contributed by atoms with Crippen LogP contribution in [0, 0.1) is 6.92 Å². The number of ether oxygens (including phenoxy) is 3. The van der Waals surface area contributed by atoms with Gasteiger partial charge in [0.1, 0.15) is 18.0 Å². The van der Waals surface area contributed by atoms with Crippen molar-refractivity contribution < 1.29 is 19.3 Å². The maximum atomic E-state index is 11.2. The van der Waals surface area contributed by atoms with Crippen LogP contribution in [-0.2, 0) is 13.1 Å². The minimum Gasteiger partial charge on any atom is -0.493 e. The summed E-state index contributed by atoms with van der Waals surface area (Å²) in [5.41, 5.74) is 1.26. The van der Waals surface area contributed by atoms with Crippen LogP contribution in [0.15, 0.2) is 55.1 Å². The quantitative estimate of drug-likeness (QED) is 0.385. The lowest BCUT2D eigenvalue weighted by molar-refractivity contribution is -0.0621. The number of rotatable bonds is 11. The zero-order valence-electron chi connectivity index (χ0n) is 20.5. The van der Waals surface area contributed by atoms with E-state index in [-0.39, 0.29) is 6.61 Å². The van der Waals surface area contributed by atoms with E-state index in [1.807, 2.05) is 48.0 Å². The second kappa shape index (κ2) is 11.8. The van der Waals surface area contributed by atoms with Gasteiger partial charge in [-0.15, -0.1) is 0 Å². The number of hydrogen-bond acceptors (Lipinski definition) is 6. The van der Waals surface area contributed by atoms with Gasteiger partial charge in [-0.3, -0.25) is 4.90 Å². The van der Waals surface area contributed by atoms with Crippen LogP contribution in [-0.4, -0.2) is 58.6 Å². The van der Waals surface area contributed by atoms with Crippen LogP contribution >= 0.6 is 11.6 Å². The van der Waals surface area contributed by atoms with Crippen LogP contribution in [0.3, 0.4) is 0 Å². The van der Waals surface area contributed by atoms with Crippen molar-refractivity contribution in [3.05, 3.63) is 71.3 Å². The summed E-state index contributed by atoms with van der Waals surface area (Å²) in [5, 5.41) is 11.8. The Morgan fingerprint density at radius 3 is 2.80 bits per heavy atom. The van der Waals surface area contributed by atoms with Gasteiger partial charge in [0, 0.05) is 32.0 Å². The van der Waals surface area contributed by atoms with Gasteiger partial charge in [0.05, 0.1) is 25.1 Å². The van der Waals surface area contributed by atoms with E-state index in [2.05, 4.69) is 16.0 Å². The second-order valence-corrected chi connectivity index (χ2v) is 9.66. The number of aromatic nitrogens is 2. The Balaban J connectivity index is 1.30. The first kappa shape index (κ1) is 25.4. The third-order valence-electron chi connectivity index (χ3n) is 6.23. The number of imidazole rings is 1. The Bertz CT molecular complexity index is 1090. The highest BCUT2D eigenvalue weighted by atomic mass is 35.5. The van der Waals surface area contributed by atoms with Gasteiger partial charge in [0.2, 0.25) is 0 Å². The standard InChI is InChI=1S/C27H34ClN3O4/c1-21-5-7-23(28)25(15-21)35-19-27(32)9-3-11-31(18-27)17-22-6-8-24(26(16-22)33-2)34-14-4-12-30-13-10-29-20-30/h5-8,10,13,15-16,20,32H,3-4,9,11-12,14,17-19H2,1-2H3/t27-/m0/s1. The molecule has 4 rings (SSSR count). The van der Waals surface area contributed by atoms with Crippen LogP contribution < -0.4 is 14.2 Å². The Morgan fingerprint density at radius 1 is 1.11 bits per heavy atom. The molecule has 0 spiro atoms. The first-order valence-corrected chi connectivity index (χ1v) is 12.4. The van der Waals surface area contributed by atoms with E-state index in [0.29, 0.717) is 36.9 Å². The van der Waals surface area contributed by atoms with Crippen LogP contribution in [0.2, 0.25) is 5.02 Å². The van der Waals surface area contributed by atoms with Crippen molar-refractivity contribution >= 4 is 11.6 Å². The fraction of sp³-hybridized carbons (Fsp3) is 0.444. The molecule has 1 atom stereocenters. The molecule has 2 heterocycles. The molecule has 35 heavy (non-hydrogen) atoms. The van der Waals surface area contributed by atoms with Crippen LogP contribution in [0.1, 0.15) is 30.4 Å². The van der Waals surface area contributed by atoms with E-state index in [1.54, 1.807) is 19.6 Å². The van der Waals surface area contributed by atoms with E-state index in [9.17, 15) is 5.11 Å². The Morgan fingerprint density at radius 2 is 2.00 bits per heavy atom. The summed E-state index contributed by atoms with van der Waals surface area (Å²) < 4.78 is 19.5. The van der Waals surface area contributed by atoms with Crippen molar-refractivity contribution in [2.24, 2.45) is 0 Å². The summed E-state index contributed by atoms with van der Waals surface area (Å²) >= 11 is 6.26. The van der Waals surface area contributed by atoms with E-state index >= 15 is 0 Å². The summed E-state index contributed by atoms with van der Waals surface area (Å²) in [4.78, 5) is 6.31. The number of methoxy groups -OCH3 is 1. The first-order valence-electron chi connectivity index (χ1n) is 12.0. The average Bonchev–Trinajstić information content (AvgIpc) is 3.37. The monoisotopic (exact) mass is 499 g/mol. The van der Waals surface area contributed by atoms with E-state index in [0.717, 1.165) is 48.6 Å². The highest BCUT2D eigenvalue weighted by Gasteiger charge is 2.34. The maximum Gasteiger partial charge on any atom is 0.161 e. The predicted molar refractivity (Wildman–Crippen MR) is 136 cm³/mol. The number of halogens is 1. The van der Waals surface area contributed by atoms with Crippen molar-refractivity contribution in [1.29, 1.82) is 0 Å². The molecule has 0 aliphatic carbocycles. The first-order chi connectivity index (χ1) is 16.9. The molecule has 3 aromatic rings. The van der Waals surface area contributed by atoms with Gasteiger partial charge in [-0.1, -0.05) is 23.7 Å². The van der Waals surface area contributed by atoms with Gasteiger partial charge >= 0.3 is 0 Å². The molecule has 1 saturated heterocycles. The lowest BCUT2D eigenvalue weighted by atomic mass is 9.93. The van der Waals surface area contributed by atoms with Crippen LogP contribution in [0.25, 0.3) is 0 Å². The summed E-state index contributed by atoms with van der Waals surface area (Å²) in [5.74, 6) is 2.07. The molecular formula is C27H34ClN3O4. The number of aryl methyl sites for hydroxylation is 2. The fourth-order valence-electron chi connectivity index (χ4n) is 4.43. The zero-order valence-corrected chi connectivity index (χ0v) is 21.2. The number of aliphatic hydroxyl groups is 1. The van der Waals surface area contributed by atoms with Crippen molar-refractivity contribution in [3.8, 4) is 17.2 Å². The second-order valence-electron chi connectivity index (χ2n) is 9.25. The Hall–Kier alpha value is -2.74. The predicted octanol–water partition coefficient (Wildman–Crippen LogP) is 4.73. The van der Waals surface area contributed by atoms with Crippen molar-refractivity contribution in [2.45, 2.75) is 44.9 Å². The molecule has 2 aromatic carbocycles. The van der Waals surface area contributed by atoms with Crippen molar-refractivity contribution in [3.63, 3.8) is 0 Å². The van der Waals surface area contributed by atoms with Gasteiger partial charge in [0.25, 0.3) is 0 Å². The molecule has 0 radical (unpaired) electrons. The Kier molecular flexibility index (Phi) is 8.55. The summed E-state index contributed by atoms with van der Waals surface area (Å²) in [6, 6.07) is 11.7. The largest absolute Gasteiger partial charge is 0.493 e.